The Balaban J connectivity index is 2.33. The largest absolute Gasteiger partial charge is 0.481 e. The Morgan fingerprint density at radius 1 is 1.24 bits per heavy atom. The fraction of sp³-hybridized carbons (Fsp3) is 0.579. The van der Waals surface area contributed by atoms with E-state index in [0.717, 1.165) is 5.56 Å². The average molecular weight is 349 g/mol. The normalized spacial score (nSPS) is 22.7. The second-order valence-corrected chi connectivity index (χ2v) is 7.81. The molecule has 1 aliphatic rings. The summed E-state index contributed by atoms with van der Waals surface area (Å²) in [4.78, 5) is 25.6. The number of benzene rings is 1. The average Bonchev–Trinajstić information content (AvgIpc) is 2.67. The third-order valence-electron chi connectivity index (χ3n) is 4.03. The maximum absolute atomic E-state index is 12.8. The van der Waals surface area contributed by atoms with Crippen molar-refractivity contribution in [3.63, 3.8) is 0 Å². The van der Waals surface area contributed by atoms with Gasteiger partial charge in [0.2, 0.25) is 0 Å². The van der Waals surface area contributed by atoms with E-state index in [1.54, 1.807) is 39.5 Å². The lowest BCUT2D eigenvalue weighted by Gasteiger charge is -2.35. The van der Waals surface area contributed by atoms with Crippen LogP contribution in [0.5, 0.6) is 0 Å². The van der Waals surface area contributed by atoms with Crippen LogP contribution in [0.25, 0.3) is 0 Å². The predicted molar refractivity (Wildman–Crippen MR) is 93.2 cm³/mol. The smallest absolute Gasteiger partial charge is 0.412 e. The molecule has 1 heterocycles. The number of hydrogen-bond acceptors (Lipinski definition) is 4. The van der Waals surface area contributed by atoms with E-state index in [-0.39, 0.29) is 6.42 Å². The molecule has 1 saturated heterocycles. The molecule has 0 radical (unpaired) electrons. The van der Waals surface area contributed by atoms with Gasteiger partial charge in [-0.1, -0.05) is 30.3 Å². The Labute approximate surface area is 148 Å². The van der Waals surface area contributed by atoms with Gasteiger partial charge in [-0.05, 0) is 46.6 Å². The third kappa shape index (κ3) is 4.95. The van der Waals surface area contributed by atoms with Gasteiger partial charge in [0.25, 0.3) is 0 Å². The minimum Gasteiger partial charge on any atom is -0.481 e. The SMILES string of the molecule is CC(C)(C)OC(=O)N1[C@@H](Cc2ccccc2)[C@H](CC(=O)O)OC1(C)C. The maximum atomic E-state index is 12.8. The lowest BCUT2D eigenvalue weighted by atomic mass is 9.98. The first kappa shape index (κ1) is 19.2. The highest BCUT2D eigenvalue weighted by Crippen LogP contribution is 2.36. The molecule has 1 fully saturated rings. The quantitative estimate of drug-likeness (QED) is 0.901. The minimum atomic E-state index is -0.954. The van der Waals surface area contributed by atoms with E-state index in [2.05, 4.69) is 0 Å². The van der Waals surface area contributed by atoms with Crippen molar-refractivity contribution in [2.45, 2.75) is 70.9 Å². The van der Waals surface area contributed by atoms with Crippen molar-refractivity contribution in [2.75, 3.05) is 0 Å². The molecule has 0 unspecified atom stereocenters. The molecule has 0 saturated carbocycles. The number of carbonyl (C=O) groups is 2. The summed E-state index contributed by atoms with van der Waals surface area (Å²) < 4.78 is 11.5. The fourth-order valence-corrected chi connectivity index (χ4v) is 3.17. The first-order valence-corrected chi connectivity index (χ1v) is 8.45. The zero-order valence-electron chi connectivity index (χ0n) is 15.5. The summed E-state index contributed by atoms with van der Waals surface area (Å²) in [6, 6.07) is 9.25. The number of rotatable bonds is 4. The Kier molecular flexibility index (Phi) is 5.42. The summed E-state index contributed by atoms with van der Waals surface area (Å²) >= 11 is 0. The van der Waals surface area contributed by atoms with Crippen molar-refractivity contribution in [3.05, 3.63) is 35.9 Å². The number of hydrogen-bond donors (Lipinski definition) is 1. The van der Waals surface area contributed by atoms with Gasteiger partial charge in [-0.15, -0.1) is 0 Å². The lowest BCUT2D eigenvalue weighted by Crippen LogP contribution is -2.51. The van der Waals surface area contributed by atoms with E-state index in [9.17, 15) is 14.7 Å². The molecule has 1 aromatic carbocycles. The number of nitrogens with zero attached hydrogens (tertiary/aromatic N) is 1. The van der Waals surface area contributed by atoms with Gasteiger partial charge in [0.1, 0.15) is 11.3 Å². The molecule has 1 aliphatic heterocycles. The van der Waals surface area contributed by atoms with Crippen LogP contribution in [-0.4, -0.2) is 45.5 Å². The first-order valence-electron chi connectivity index (χ1n) is 8.45. The van der Waals surface area contributed by atoms with Gasteiger partial charge >= 0.3 is 12.1 Å². The van der Waals surface area contributed by atoms with Gasteiger partial charge in [-0.25, -0.2) is 4.79 Å². The molecule has 1 aromatic rings. The summed E-state index contributed by atoms with van der Waals surface area (Å²) in [5.41, 5.74) is -0.574. The number of carbonyl (C=O) groups excluding carboxylic acids is 1. The van der Waals surface area contributed by atoms with E-state index >= 15 is 0 Å². The van der Waals surface area contributed by atoms with Crippen LogP contribution in [0.4, 0.5) is 4.79 Å². The van der Waals surface area contributed by atoms with Crippen molar-refractivity contribution >= 4 is 12.1 Å². The molecular weight excluding hydrogens is 322 g/mol. The van der Waals surface area contributed by atoms with Crippen molar-refractivity contribution in [1.29, 1.82) is 0 Å². The van der Waals surface area contributed by atoms with E-state index in [0.29, 0.717) is 6.42 Å². The summed E-state index contributed by atoms with van der Waals surface area (Å²) in [6.45, 7) is 8.93. The van der Waals surface area contributed by atoms with Crippen LogP contribution >= 0.6 is 0 Å². The summed E-state index contributed by atoms with van der Waals surface area (Å²) in [5, 5.41) is 9.22. The zero-order chi connectivity index (χ0) is 18.8. The minimum absolute atomic E-state index is 0.166. The van der Waals surface area contributed by atoms with Crippen molar-refractivity contribution in [1.82, 2.24) is 4.90 Å². The molecule has 0 aromatic heterocycles. The highest BCUT2D eigenvalue weighted by Gasteiger charge is 2.51. The molecular formula is C19H27NO5. The number of carboxylic acids is 1. The van der Waals surface area contributed by atoms with Crippen molar-refractivity contribution < 1.29 is 24.2 Å². The molecule has 6 heteroatoms. The van der Waals surface area contributed by atoms with Crippen LogP contribution in [0.2, 0.25) is 0 Å². The topological polar surface area (TPSA) is 76.1 Å². The molecule has 0 spiro atoms. The van der Waals surface area contributed by atoms with Gasteiger partial charge < -0.3 is 14.6 Å². The van der Waals surface area contributed by atoms with Gasteiger partial charge in [0.15, 0.2) is 0 Å². The molecule has 138 valence electrons. The first-order chi connectivity index (χ1) is 11.5. The monoisotopic (exact) mass is 349 g/mol. The Morgan fingerprint density at radius 3 is 2.36 bits per heavy atom. The summed E-state index contributed by atoms with van der Waals surface area (Å²) in [5.74, 6) is -0.954. The maximum Gasteiger partial charge on any atom is 0.412 e. The number of aliphatic carboxylic acids is 1. The molecule has 0 aliphatic carbocycles. The third-order valence-corrected chi connectivity index (χ3v) is 4.03. The molecule has 2 atom stereocenters. The molecule has 6 nitrogen and oxygen atoms in total. The standard InChI is InChI=1S/C19H27NO5/c1-18(2,3)25-17(23)20-14(11-13-9-7-6-8-10-13)15(12-16(21)22)24-19(20,4)5/h6-10,14-15H,11-12H2,1-5H3,(H,21,22)/t14-,15-/m0/s1. The molecule has 25 heavy (non-hydrogen) atoms. The highest BCUT2D eigenvalue weighted by atomic mass is 16.6. The highest BCUT2D eigenvalue weighted by molar-refractivity contribution is 5.71. The van der Waals surface area contributed by atoms with Crippen LogP contribution in [0.15, 0.2) is 30.3 Å². The molecule has 0 bridgehead atoms. The van der Waals surface area contributed by atoms with Gasteiger partial charge in [-0.2, -0.15) is 0 Å². The molecule has 1 N–H and O–H groups in total. The Bertz CT molecular complexity index is 620. The molecule has 2 rings (SSSR count). The molecule has 1 amide bonds. The number of amides is 1. The second kappa shape index (κ2) is 7.04. The van der Waals surface area contributed by atoms with E-state index < -0.39 is 35.5 Å². The van der Waals surface area contributed by atoms with Crippen LogP contribution in [0, 0.1) is 0 Å². The van der Waals surface area contributed by atoms with Gasteiger partial charge in [0, 0.05) is 0 Å². The lowest BCUT2D eigenvalue weighted by molar-refractivity contribution is -0.141. The van der Waals surface area contributed by atoms with Crippen molar-refractivity contribution in [3.8, 4) is 0 Å². The van der Waals surface area contributed by atoms with Gasteiger partial charge in [-0.3, -0.25) is 9.69 Å². The van der Waals surface area contributed by atoms with Crippen LogP contribution in [0.1, 0.15) is 46.6 Å². The summed E-state index contributed by atoms with van der Waals surface area (Å²) in [6.07, 6.45) is -0.756. The van der Waals surface area contributed by atoms with Crippen LogP contribution < -0.4 is 0 Å². The number of carboxylic acid groups (broad SMARTS) is 1. The van der Waals surface area contributed by atoms with Crippen LogP contribution in [-0.2, 0) is 20.7 Å². The van der Waals surface area contributed by atoms with Gasteiger partial charge in [0.05, 0.1) is 18.6 Å². The van der Waals surface area contributed by atoms with Crippen LogP contribution in [0.3, 0.4) is 0 Å². The number of ether oxygens (including phenoxy) is 2. The fourth-order valence-electron chi connectivity index (χ4n) is 3.17. The van der Waals surface area contributed by atoms with E-state index in [1.165, 1.54) is 0 Å². The Hall–Kier alpha value is -2.08. The van der Waals surface area contributed by atoms with E-state index in [1.807, 2.05) is 30.3 Å². The Morgan fingerprint density at radius 2 is 1.84 bits per heavy atom. The second-order valence-electron chi connectivity index (χ2n) is 7.81. The zero-order valence-corrected chi connectivity index (χ0v) is 15.5. The summed E-state index contributed by atoms with van der Waals surface area (Å²) in [7, 11) is 0. The van der Waals surface area contributed by atoms with E-state index in [4.69, 9.17) is 9.47 Å². The predicted octanol–water partition coefficient (Wildman–Crippen LogP) is 3.44. The van der Waals surface area contributed by atoms with Crippen molar-refractivity contribution in [2.24, 2.45) is 0 Å².